The van der Waals surface area contributed by atoms with Crippen molar-refractivity contribution in [3.63, 3.8) is 0 Å². The topological polar surface area (TPSA) is 30.7 Å². The largest absolute Gasteiger partial charge is 0.268 e. The fourth-order valence-corrected chi connectivity index (χ4v) is 2.14. The molecule has 0 bridgehead atoms. The Morgan fingerprint density at radius 1 is 1.12 bits per heavy atom. The van der Waals surface area contributed by atoms with Crippen LogP contribution in [0.1, 0.15) is 5.56 Å². The number of aromatic nitrogens is 3. The highest BCUT2D eigenvalue weighted by Gasteiger charge is 2.07. The second-order valence-corrected chi connectivity index (χ2v) is 4.20. The van der Waals surface area contributed by atoms with Crippen molar-refractivity contribution in [3.05, 3.63) is 48.3 Å². The quantitative estimate of drug-likeness (QED) is 0.635. The van der Waals surface area contributed by atoms with E-state index in [1.165, 1.54) is 11.1 Å². The van der Waals surface area contributed by atoms with E-state index in [0.717, 1.165) is 16.6 Å². The van der Waals surface area contributed by atoms with Crippen LogP contribution in [0.5, 0.6) is 0 Å². The van der Waals surface area contributed by atoms with Gasteiger partial charge in [0.2, 0.25) is 0 Å². The van der Waals surface area contributed by atoms with Gasteiger partial charge in [-0.25, -0.2) is 0 Å². The van der Waals surface area contributed by atoms with E-state index in [-0.39, 0.29) is 0 Å². The third-order valence-corrected chi connectivity index (χ3v) is 3.05. The Morgan fingerprint density at radius 2 is 2.00 bits per heavy atom. The molecule has 1 aromatic carbocycles. The van der Waals surface area contributed by atoms with Gasteiger partial charge < -0.3 is 0 Å². The van der Waals surface area contributed by atoms with Crippen LogP contribution in [0.15, 0.2) is 42.7 Å². The number of pyridine rings is 1. The molecule has 0 unspecified atom stereocenters. The van der Waals surface area contributed by atoms with E-state index in [1.54, 1.807) is 0 Å². The number of aryl methyl sites for hydroxylation is 2. The Kier molecular flexibility index (Phi) is 2.18. The number of rotatable bonds is 1. The smallest absolute Gasteiger partial charge is 0.0705 e. The molecule has 3 aromatic rings. The summed E-state index contributed by atoms with van der Waals surface area (Å²) in [6, 6.07) is 10.4. The maximum atomic E-state index is 4.36. The first kappa shape index (κ1) is 10.0. The molecule has 17 heavy (non-hydrogen) atoms. The number of fused-ring (bicyclic) bond motifs is 1. The fourth-order valence-electron chi connectivity index (χ4n) is 2.14. The molecule has 0 N–H and O–H groups in total. The molecule has 3 nitrogen and oxygen atoms in total. The first-order chi connectivity index (χ1) is 8.25. The average Bonchev–Trinajstić information content (AvgIpc) is 2.74. The van der Waals surface area contributed by atoms with Crippen LogP contribution in [0, 0.1) is 6.92 Å². The normalized spacial score (nSPS) is 10.9. The van der Waals surface area contributed by atoms with Crippen LogP contribution in [0.4, 0.5) is 0 Å². The third kappa shape index (κ3) is 1.60. The summed E-state index contributed by atoms with van der Waals surface area (Å²) in [5, 5.41) is 5.38. The van der Waals surface area contributed by atoms with Crippen molar-refractivity contribution in [2.75, 3.05) is 0 Å². The second kappa shape index (κ2) is 3.70. The molecular weight excluding hydrogens is 210 g/mol. The Bertz CT molecular complexity index is 683. The van der Waals surface area contributed by atoms with E-state index in [9.17, 15) is 0 Å². The average molecular weight is 223 g/mol. The minimum absolute atomic E-state index is 1.04. The van der Waals surface area contributed by atoms with Crippen molar-refractivity contribution in [1.82, 2.24) is 14.8 Å². The van der Waals surface area contributed by atoms with E-state index in [1.807, 2.05) is 36.3 Å². The third-order valence-electron chi connectivity index (χ3n) is 3.05. The number of nitrogens with zero attached hydrogens (tertiary/aromatic N) is 3. The van der Waals surface area contributed by atoms with Gasteiger partial charge in [0.25, 0.3) is 0 Å². The molecule has 0 saturated heterocycles. The molecule has 3 rings (SSSR count). The van der Waals surface area contributed by atoms with Crippen molar-refractivity contribution in [2.24, 2.45) is 7.05 Å². The van der Waals surface area contributed by atoms with Crippen LogP contribution in [-0.4, -0.2) is 14.8 Å². The lowest BCUT2D eigenvalue weighted by Crippen LogP contribution is -1.95. The summed E-state index contributed by atoms with van der Waals surface area (Å²) in [5.41, 5.74) is 4.61. The summed E-state index contributed by atoms with van der Waals surface area (Å²) < 4.78 is 1.89. The van der Waals surface area contributed by atoms with E-state index in [2.05, 4.69) is 35.2 Å². The van der Waals surface area contributed by atoms with Crippen molar-refractivity contribution >= 4 is 10.9 Å². The maximum Gasteiger partial charge on any atom is 0.0705 e. The zero-order valence-corrected chi connectivity index (χ0v) is 9.88. The van der Waals surface area contributed by atoms with E-state index >= 15 is 0 Å². The zero-order valence-electron chi connectivity index (χ0n) is 9.88. The Balaban J connectivity index is 2.30. The molecule has 0 atom stereocenters. The number of hydrogen-bond acceptors (Lipinski definition) is 2. The highest BCUT2D eigenvalue weighted by molar-refractivity contribution is 5.85. The minimum Gasteiger partial charge on any atom is -0.268 e. The Morgan fingerprint density at radius 3 is 2.76 bits per heavy atom. The van der Waals surface area contributed by atoms with Gasteiger partial charge in [-0.2, -0.15) is 5.10 Å². The number of hydrogen-bond donors (Lipinski definition) is 0. The fraction of sp³-hybridized carbons (Fsp3) is 0.143. The summed E-state index contributed by atoms with van der Waals surface area (Å²) in [6.45, 7) is 2.11. The molecule has 0 fully saturated rings. The molecule has 3 heteroatoms. The molecular formula is C14H13N3. The second-order valence-electron chi connectivity index (χ2n) is 4.20. The molecule has 0 aliphatic rings. The van der Waals surface area contributed by atoms with Crippen LogP contribution in [-0.2, 0) is 7.05 Å². The van der Waals surface area contributed by atoms with Gasteiger partial charge in [-0.05, 0) is 36.8 Å². The van der Waals surface area contributed by atoms with Crippen molar-refractivity contribution in [1.29, 1.82) is 0 Å². The molecule has 84 valence electrons. The molecule has 0 amide bonds. The van der Waals surface area contributed by atoms with Gasteiger partial charge in [-0.15, -0.1) is 0 Å². The van der Waals surface area contributed by atoms with E-state index in [4.69, 9.17) is 0 Å². The molecule has 0 aliphatic heterocycles. The van der Waals surface area contributed by atoms with Gasteiger partial charge in [-0.1, -0.05) is 6.07 Å². The Labute approximate surface area is 99.7 Å². The highest BCUT2D eigenvalue weighted by atomic mass is 15.3. The maximum absolute atomic E-state index is 4.36. The van der Waals surface area contributed by atoms with E-state index < -0.39 is 0 Å². The van der Waals surface area contributed by atoms with E-state index in [0.29, 0.717) is 0 Å². The zero-order chi connectivity index (χ0) is 11.8. The summed E-state index contributed by atoms with van der Waals surface area (Å²) in [7, 11) is 1.96. The van der Waals surface area contributed by atoms with Crippen LogP contribution in [0.3, 0.4) is 0 Å². The predicted octanol–water partition coefficient (Wildman–Crippen LogP) is 2.94. The summed E-state index contributed by atoms with van der Waals surface area (Å²) >= 11 is 0. The monoisotopic (exact) mass is 223 g/mol. The molecule has 0 radical (unpaired) electrons. The first-order valence-electron chi connectivity index (χ1n) is 5.59. The highest BCUT2D eigenvalue weighted by Crippen LogP contribution is 2.26. The van der Waals surface area contributed by atoms with Crippen molar-refractivity contribution in [3.8, 4) is 11.3 Å². The van der Waals surface area contributed by atoms with Crippen LogP contribution >= 0.6 is 0 Å². The lowest BCUT2D eigenvalue weighted by molar-refractivity contribution is 0.775. The molecule has 0 spiro atoms. The van der Waals surface area contributed by atoms with Gasteiger partial charge in [0.05, 0.1) is 11.2 Å². The summed E-state index contributed by atoms with van der Waals surface area (Å²) in [5.74, 6) is 0. The van der Waals surface area contributed by atoms with Crippen LogP contribution in [0.2, 0.25) is 0 Å². The van der Waals surface area contributed by atoms with Crippen molar-refractivity contribution < 1.29 is 0 Å². The molecule has 2 aromatic heterocycles. The van der Waals surface area contributed by atoms with Crippen molar-refractivity contribution in [2.45, 2.75) is 6.92 Å². The SMILES string of the molecule is Cc1cc2ncccc2cc1-c1ccnn1C. The van der Waals surface area contributed by atoms with Gasteiger partial charge in [0.15, 0.2) is 0 Å². The molecule has 0 aliphatic carbocycles. The number of benzene rings is 1. The summed E-state index contributed by atoms with van der Waals surface area (Å²) in [6.07, 6.45) is 3.65. The Hall–Kier alpha value is -2.16. The first-order valence-corrected chi connectivity index (χ1v) is 5.59. The van der Waals surface area contributed by atoms with Gasteiger partial charge >= 0.3 is 0 Å². The van der Waals surface area contributed by atoms with Gasteiger partial charge in [0, 0.05) is 30.4 Å². The predicted molar refractivity (Wildman–Crippen MR) is 68.7 cm³/mol. The van der Waals surface area contributed by atoms with Gasteiger partial charge in [0.1, 0.15) is 0 Å². The minimum atomic E-state index is 1.04. The molecule has 0 saturated carbocycles. The lowest BCUT2D eigenvalue weighted by Gasteiger charge is -2.08. The standard InChI is InChI=1S/C14H13N3/c1-10-8-13-11(4-3-6-15-13)9-12(10)14-5-7-16-17(14)2/h3-9H,1-2H3. The molecule has 2 heterocycles. The summed E-state index contributed by atoms with van der Waals surface area (Å²) in [4.78, 5) is 4.36. The lowest BCUT2D eigenvalue weighted by atomic mass is 10.0. The van der Waals surface area contributed by atoms with Gasteiger partial charge in [-0.3, -0.25) is 9.67 Å². The van der Waals surface area contributed by atoms with Crippen LogP contribution in [0.25, 0.3) is 22.2 Å². The van der Waals surface area contributed by atoms with Crippen LogP contribution < -0.4 is 0 Å².